The van der Waals surface area contributed by atoms with Crippen LogP contribution < -0.4 is 4.74 Å². The first kappa shape index (κ1) is 11.3. The molecule has 17 heavy (non-hydrogen) atoms. The van der Waals surface area contributed by atoms with Crippen LogP contribution in [0.4, 0.5) is 8.78 Å². The van der Waals surface area contributed by atoms with Crippen LogP contribution in [0, 0.1) is 11.6 Å². The van der Waals surface area contributed by atoms with Crippen molar-refractivity contribution in [2.75, 3.05) is 0 Å². The van der Waals surface area contributed by atoms with E-state index >= 15 is 0 Å². The maximum atomic E-state index is 12.8. The zero-order valence-corrected chi connectivity index (χ0v) is 8.65. The van der Waals surface area contributed by atoms with Gasteiger partial charge in [-0.05, 0) is 12.1 Å². The molecule has 3 nitrogen and oxygen atoms in total. The van der Waals surface area contributed by atoms with Gasteiger partial charge in [-0.1, -0.05) is 0 Å². The van der Waals surface area contributed by atoms with Crippen LogP contribution in [0.25, 0.3) is 0 Å². The minimum absolute atomic E-state index is 0.00324. The number of benzene rings is 1. The molecule has 0 saturated carbocycles. The molecule has 2 aromatic rings. The van der Waals surface area contributed by atoms with Gasteiger partial charge in [0.2, 0.25) is 0 Å². The summed E-state index contributed by atoms with van der Waals surface area (Å²) in [5.74, 6) is -0.793. The van der Waals surface area contributed by atoms with Crippen molar-refractivity contribution in [3.63, 3.8) is 0 Å². The van der Waals surface area contributed by atoms with E-state index in [1.807, 2.05) is 0 Å². The number of halogens is 2. The zero-order chi connectivity index (χ0) is 12.3. The Hall–Kier alpha value is -2.17. The fraction of sp³-hybridized carbons (Fsp3) is 0.0833. The lowest BCUT2D eigenvalue weighted by atomic mass is 10.3. The highest BCUT2D eigenvalue weighted by Crippen LogP contribution is 2.17. The summed E-state index contributed by atoms with van der Waals surface area (Å²) in [6.07, 6.45) is 0.561. The topological polar surface area (TPSA) is 39.4 Å². The van der Waals surface area contributed by atoms with Gasteiger partial charge in [-0.2, -0.15) is 0 Å². The number of furan rings is 1. The van der Waals surface area contributed by atoms with Crippen molar-refractivity contribution in [2.24, 2.45) is 0 Å². The van der Waals surface area contributed by atoms with Gasteiger partial charge in [0.25, 0.3) is 0 Å². The van der Waals surface area contributed by atoms with E-state index in [0.29, 0.717) is 12.0 Å². The van der Waals surface area contributed by atoms with Crippen molar-refractivity contribution in [3.8, 4) is 5.75 Å². The lowest BCUT2D eigenvalue weighted by Gasteiger charge is -2.04. The summed E-state index contributed by atoms with van der Waals surface area (Å²) in [6.45, 7) is -0.00324. The van der Waals surface area contributed by atoms with Crippen molar-refractivity contribution in [1.82, 2.24) is 0 Å². The molecule has 0 bridgehead atoms. The highest BCUT2D eigenvalue weighted by Gasteiger charge is 2.04. The van der Waals surface area contributed by atoms with E-state index in [1.54, 1.807) is 6.07 Å². The molecule has 0 amide bonds. The number of rotatable bonds is 4. The quantitative estimate of drug-likeness (QED) is 0.769. The SMILES string of the molecule is O=Cc1ccc(COc2cc(F)cc(F)c2)o1. The molecule has 1 heterocycles. The average Bonchev–Trinajstić information content (AvgIpc) is 2.73. The van der Waals surface area contributed by atoms with Crippen LogP contribution in [-0.4, -0.2) is 6.29 Å². The van der Waals surface area contributed by atoms with Gasteiger partial charge in [-0.3, -0.25) is 4.79 Å². The Bertz CT molecular complexity index is 514. The standard InChI is InChI=1S/C12H8F2O3/c13-8-3-9(14)5-12(4-8)16-7-11-2-1-10(6-15)17-11/h1-6H,7H2. The van der Waals surface area contributed by atoms with Gasteiger partial charge in [0.05, 0.1) is 0 Å². The maximum absolute atomic E-state index is 12.8. The molecule has 0 saturated heterocycles. The van der Waals surface area contributed by atoms with Crippen LogP contribution in [0.1, 0.15) is 16.3 Å². The highest BCUT2D eigenvalue weighted by molar-refractivity contribution is 5.70. The van der Waals surface area contributed by atoms with Crippen molar-refractivity contribution in [1.29, 1.82) is 0 Å². The van der Waals surface area contributed by atoms with Gasteiger partial charge in [0, 0.05) is 18.2 Å². The second kappa shape index (κ2) is 4.78. The number of hydrogen-bond donors (Lipinski definition) is 0. The third-order valence-corrected chi connectivity index (χ3v) is 2.02. The second-order valence-corrected chi connectivity index (χ2v) is 3.32. The lowest BCUT2D eigenvalue weighted by Crippen LogP contribution is -1.95. The molecule has 0 fully saturated rings. The molecule has 0 N–H and O–H groups in total. The Morgan fingerprint density at radius 2 is 1.88 bits per heavy atom. The first-order chi connectivity index (χ1) is 8.17. The van der Waals surface area contributed by atoms with Crippen LogP contribution in [0.5, 0.6) is 5.75 Å². The summed E-state index contributed by atoms with van der Waals surface area (Å²) >= 11 is 0. The van der Waals surface area contributed by atoms with Crippen LogP contribution >= 0.6 is 0 Å². The lowest BCUT2D eigenvalue weighted by molar-refractivity contribution is 0.109. The highest BCUT2D eigenvalue weighted by atomic mass is 19.1. The molecule has 1 aromatic carbocycles. The van der Waals surface area contributed by atoms with Gasteiger partial charge >= 0.3 is 0 Å². The summed E-state index contributed by atoms with van der Waals surface area (Å²) in [5, 5.41) is 0. The monoisotopic (exact) mass is 238 g/mol. The predicted octanol–water partition coefficient (Wildman–Crippen LogP) is 2.95. The van der Waals surface area contributed by atoms with Crippen molar-refractivity contribution < 1.29 is 22.7 Å². The van der Waals surface area contributed by atoms with Crippen LogP contribution in [0.15, 0.2) is 34.7 Å². The number of aldehydes is 1. The third kappa shape index (κ3) is 2.90. The summed E-state index contributed by atoms with van der Waals surface area (Å²) in [4.78, 5) is 10.3. The van der Waals surface area contributed by atoms with Crippen molar-refractivity contribution >= 4 is 6.29 Å². The van der Waals surface area contributed by atoms with E-state index in [0.717, 1.165) is 18.2 Å². The molecule has 0 aliphatic heterocycles. The Morgan fingerprint density at radius 1 is 1.18 bits per heavy atom. The summed E-state index contributed by atoms with van der Waals surface area (Å²) in [7, 11) is 0. The summed E-state index contributed by atoms with van der Waals surface area (Å²) in [6, 6.07) is 5.92. The zero-order valence-electron chi connectivity index (χ0n) is 8.65. The first-order valence-corrected chi connectivity index (χ1v) is 4.80. The molecular formula is C12H8F2O3. The molecule has 0 aliphatic carbocycles. The molecule has 5 heteroatoms. The van der Waals surface area contributed by atoms with E-state index in [-0.39, 0.29) is 18.1 Å². The molecular weight excluding hydrogens is 230 g/mol. The Kier molecular flexibility index (Phi) is 3.18. The van der Waals surface area contributed by atoms with E-state index in [9.17, 15) is 13.6 Å². The average molecular weight is 238 g/mol. The van der Waals surface area contributed by atoms with E-state index in [4.69, 9.17) is 9.15 Å². The molecule has 1 aromatic heterocycles. The first-order valence-electron chi connectivity index (χ1n) is 4.80. The molecule has 88 valence electrons. The van der Waals surface area contributed by atoms with Gasteiger partial charge in [0.15, 0.2) is 12.0 Å². The van der Waals surface area contributed by atoms with Gasteiger partial charge in [-0.15, -0.1) is 0 Å². The minimum Gasteiger partial charge on any atom is -0.485 e. The Balaban J connectivity index is 2.04. The van der Waals surface area contributed by atoms with E-state index in [2.05, 4.69) is 0 Å². The van der Waals surface area contributed by atoms with E-state index in [1.165, 1.54) is 6.07 Å². The molecule has 0 atom stereocenters. The second-order valence-electron chi connectivity index (χ2n) is 3.32. The molecule has 0 unspecified atom stereocenters. The predicted molar refractivity (Wildman–Crippen MR) is 54.8 cm³/mol. The fourth-order valence-corrected chi connectivity index (χ4v) is 1.30. The van der Waals surface area contributed by atoms with Crippen molar-refractivity contribution in [3.05, 3.63) is 53.5 Å². The summed E-state index contributed by atoms with van der Waals surface area (Å²) < 4.78 is 35.8. The van der Waals surface area contributed by atoms with Crippen molar-refractivity contribution in [2.45, 2.75) is 6.61 Å². The van der Waals surface area contributed by atoms with Gasteiger partial charge in [0.1, 0.15) is 29.8 Å². The van der Waals surface area contributed by atoms with Crippen LogP contribution in [-0.2, 0) is 6.61 Å². The Morgan fingerprint density at radius 3 is 2.47 bits per heavy atom. The molecule has 2 rings (SSSR count). The summed E-state index contributed by atoms with van der Waals surface area (Å²) in [5.41, 5.74) is 0. The molecule has 0 spiro atoms. The van der Waals surface area contributed by atoms with Gasteiger partial charge in [-0.25, -0.2) is 8.78 Å². The fourth-order valence-electron chi connectivity index (χ4n) is 1.30. The normalized spacial score (nSPS) is 10.2. The van der Waals surface area contributed by atoms with E-state index < -0.39 is 11.6 Å². The van der Waals surface area contributed by atoms with Crippen LogP contribution in [0.2, 0.25) is 0 Å². The number of ether oxygens (including phenoxy) is 1. The van der Waals surface area contributed by atoms with Crippen LogP contribution in [0.3, 0.4) is 0 Å². The number of carbonyl (C=O) groups is 1. The number of hydrogen-bond acceptors (Lipinski definition) is 3. The van der Waals surface area contributed by atoms with Gasteiger partial charge < -0.3 is 9.15 Å². The number of carbonyl (C=O) groups excluding carboxylic acids is 1. The maximum Gasteiger partial charge on any atom is 0.185 e. The molecule has 0 aliphatic rings. The largest absolute Gasteiger partial charge is 0.485 e. The third-order valence-electron chi connectivity index (χ3n) is 2.02. The minimum atomic E-state index is -0.715. The Labute approximate surface area is 95.6 Å². The molecule has 0 radical (unpaired) electrons. The smallest absolute Gasteiger partial charge is 0.185 e.